The van der Waals surface area contributed by atoms with Crippen LogP contribution in [0, 0.1) is 19.3 Å². The summed E-state index contributed by atoms with van der Waals surface area (Å²) < 4.78 is 7.00. The zero-order chi connectivity index (χ0) is 20.6. The molecule has 0 saturated heterocycles. The number of carbonyl (C=O) groups excluding carboxylic acids is 1. The SMILES string of the molecule is CCn1nnc2c(C)c([C@H](c3cc(CO)c(C)s3)C(C)(C)C(=O)OC)ccc21. The third kappa shape index (κ3) is 3.22. The van der Waals surface area contributed by atoms with Crippen molar-refractivity contribution in [2.75, 3.05) is 7.11 Å². The quantitative estimate of drug-likeness (QED) is 0.633. The lowest BCUT2D eigenvalue weighted by Gasteiger charge is -2.32. The Balaban J connectivity index is 2.26. The fraction of sp³-hybridized carbons (Fsp3) is 0.476. The third-order valence-electron chi connectivity index (χ3n) is 5.52. The Hall–Kier alpha value is -2.25. The standard InChI is InChI=1S/C21H27N3O3S/c1-7-24-16-9-8-15(12(2)19(16)22-23-24)18(21(4,5)20(26)27-6)17-10-14(11-25)13(3)28-17/h8-10,18,25H,7,11H2,1-6H3/t18-/m1/s1. The number of aromatic nitrogens is 3. The van der Waals surface area contributed by atoms with E-state index in [1.807, 2.05) is 51.4 Å². The van der Waals surface area contributed by atoms with E-state index in [2.05, 4.69) is 16.4 Å². The summed E-state index contributed by atoms with van der Waals surface area (Å²) in [4.78, 5) is 14.8. The highest BCUT2D eigenvalue weighted by Crippen LogP contribution is 2.46. The molecule has 2 aromatic heterocycles. The summed E-state index contributed by atoms with van der Waals surface area (Å²) in [5.74, 6) is -0.495. The molecular weight excluding hydrogens is 374 g/mol. The minimum atomic E-state index is -0.794. The van der Waals surface area contributed by atoms with E-state index >= 15 is 0 Å². The third-order valence-corrected chi connectivity index (χ3v) is 6.68. The number of hydrogen-bond acceptors (Lipinski definition) is 6. The molecule has 28 heavy (non-hydrogen) atoms. The molecule has 3 aromatic rings. The van der Waals surface area contributed by atoms with Gasteiger partial charge in [0.05, 0.1) is 24.6 Å². The molecule has 0 bridgehead atoms. The van der Waals surface area contributed by atoms with Crippen LogP contribution in [0.3, 0.4) is 0 Å². The fourth-order valence-corrected chi connectivity index (χ4v) is 5.20. The number of hydrogen-bond donors (Lipinski definition) is 1. The molecule has 150 valence electrons. The van der Waals surface area contributed by atoms with Crippen LogP contribution in [0.25, 0.3) is 11.0 Å². The van der Waals surface area contributed by atoms with E-state index in [9.17, 15) is 9.90 Å². The maximum atomic E-state index is 12.7. The molecular formula is C21H27N3O3S. The van der Waals surface area contributed by atoms with Crippen molar-refractivity contribution in [3.63, 3.8) is 0 Å². The van der Waals surface area contributed by atoms with Crippen molar-refractivity contribution in [1.82, 2.24) is 15.0 Å². The highest BCUT2D eigenvalue weighted by Gasteiger charge is 2.42. The van der Waals surface area contributed by atoms with Gasteiger partial charge < -0.3 is 9.84 Å². The number of methoxy groups -OCH3 is 1. The molecule has 1 aromatic carbocycles. The van der Waals surface area contributed by atoms with E-state index in [0.29, 0.717) is 0 Å². The molecule has 0 saturated carbocycles. The first-order chi connectivity index (χ1) is 13.3. The number of thiophene rings is 1. The molecule has 0 amide bonds. The lowest BCUT2D eigenvalue weighted by atomic mass is 9.72. The molecule has 0 radical (unpaired) electrons. The molecule has 3 rings (SSSR count). The first-order valence-electron chi connectivity index (χ1n) is 9.37. The van der Waals surface area contributed by atoms with Crippen LogP contribution < -0.4 is 0 Å². The highest BCUT2D eigenvalue weighted by molar-refractivity contribution is 7.12. The number of aliphatic hydroxyl groups is 1. The minimum absolute atomic E-state index is 0.0173. The van der Waals surface area contributed by atoms with E-state index in [0.717, 1.165) is 44.0 Å². The van der Waals surface area contributed by atoms with Crippen LogP contribution in [0.15, 0.2) is 18.2 Å². The van der Waals surface area contributed by atoms with Gasteiger partial charge in [-0.3, -0.25) is 4.79 Å². The van der Waals surface area contributed by atoms with Crippen LogP contribution in [0.5, 0.6) is 0 Å². The molecule has 7 heteroatoms. The molecule has 0 spiro atoms. The maximum Gasteiger partial charge on any atom is 0.312 e. The van der Waals surface area contributed by atoms with Gasteiger partial charge in [0.1, 0.15) is 5.52 Å². The monoisotopic (exact) mass is 401 g/mol. The lowest BCUT2D eigenvalue weighted by molar-refractivity contribution is -0.151. The number of fused-ring (bicyclic) bond motifs is 1. The van der Waals surface area contributed by atoms with Gasteiger partial charge in [-0.05, 0) is 63.4 Å². The van der Waals surface area contributed by atoms with Crippen LogP contribution in [-0.4, -0.2) is 33.2 Å². The predicted molar refractivity (Wildman–Crippen MR) is 111 cm³/mol. The highest BCUT2D eigenvalue weighted by atomic mass is 32.1. The van der Waals surface area contributed by atoms with Crippen LogP contribution in [0.2, 0.25) is 0 Å². The van der Waals surface area contributed by atoms with Gasteiger partial charge in [0.15, 0.2) is 0 Å². The molecule has 2 heterocycles. The van der Waals surface area contributed by atoms with Crippen molar-refractivity contribution in [1.29, 1.82) is 0 Å². The topological polar surface area (TPSA) is 77.2 Å². The molecule has 0 aliphatic heterocycles. The van der Waals surface area contributed by atoms with E-state index in [4.69, 9.17) is 4.74 Å². The summed E-state index contributed by atoms with van der Waals surface area (Å²) in [7, 11) is 1.42. The number of aryl methyl sites for hydroxylation is 3. The molecule has 0 aliphatic rings. The Morgan fingerprint density at radius 2 is 2.07 bits per heavy atom. The second-order valence-corrected chi connectivity index (χ2v) is 8.88. The van der Waals surface area contributed by atoms with Gasteiger partial charge in [-0.1, -0.05) is 11.3 Å². The van der Waals surface area contributed by atoms with Gasteiger partial charge in [0.25, 0.3) is 0 Å². The van der Waals surface area contributed by atoms with Crippen molar-refractivity contribution in [2.45, 2.75) is 53.7 Å². The summed E-state index contributed by atoms with van der Waals surface area (Å²) in [6, 6.07) is 6.09. The van der Waals surface area contributed by atoms with Crippen LogP contribution in [0.1, 0.15) is 53.1 Å². The Morgan fingerprint density at radius 3 is 2.64 bits per heavy atom. The van der Waals surface area contributed by atoms with Gasteiger partial charge >= 0.3 is 5.97 Å². The van der Waals surface area contributed by atoms with Crippen molar-refractivity contribution in [3.05, 3.63) is 44.6 Å². The first-order valence-corrected chi connectivity index (χ1v) is 10.2. The van der Waals surface area contributed by atoms with Crippen LogP contribution >= 0.6 is 11.3 Å². The number of nitrogens with zero attached hydrogens (tertiary/aromatic N) is 3. The lowest BCUT2D eigenvalue weighted by Crippen LogP contribution is -2.33. The molecule has 1 N–H and O–H groups in total. The summed E-state index contributed by atoms with van der Waals surface area (Å²) in [6.07, 6.45) is 0. The molecule has 0 unspecified atom stereocenters. The summed E-state index contributed by atoms with van der Waals surface area (Å²) in [5.41, 5.74) is 3.96. The van der Waals surface area contributed by atoms with Gasteiger partial charge in [0, 0.05) is 22.2 Å². The van der Waals surface area contributed by atoms with Crippen molar-refractivity contribution in [3.8, 4) is 0 Å². The Morgan fingerprint density at radius 1 is 1.36 bits per heavy atom. The number of rotatable bonds is 6. The Bertz CT molecular complexity index is 1020. The van der Waals surface area contributed by atoms with E-state index in [-0.39, 0.29) is 18.5 Å². The van der Waals surface area contributed by atoms with E-state index < -0.39 is 5.41 Å². The Kier molecular flexibility index (Phi) is 5.59. The summed E-state index contributed by atoms with van der Waals surface area (Å²) >= 11 is 1.61. The Labute approximate surface area is 169 Å². The van der Waals surface area contributed by atoms with Gasteiger partial charge in [-0.25, -0.2) is 4.68 Å². The average molecular weight is 402 g/mol. The minimum Gasteiger partial charge on any atom is -0.469 e. The number of benzene rings is 1. The van der Waals surface area contributed by atoms with Gasteiger partial charge in [0.2, 0.25) is 0 Å². The van der Waals surface area contributed by atoms with Crippen molar-refractivity contribution in [2.24, 2.45) is 5.41 Å². The molecule has 1 atom stereocenters. The zero-order valence-electron chi connectivity index (χ0n) is 17.2. The van der Waals surface area contributed by atoms with Crippen LogP contribution in [0.4, 0.5) is 0 Å². The number of ether oxygens (including phenoxy) is 1. The van der Waals surface area contributed by atoms with Crippen molar-refractivity contribution < 1.29 is 14.6 Å². The van der Waals surface area contributed by atoms with Gasteiger partial charge in [-0.15, -0.1) is 16.4 Å². The first kappa shape index (κ1) is 20.5. The molecule has 6 nitrogen and oxygen atoms in total. The number of aliphatic hydroxyl groups excluding tert-OH is 1. The average Bonchev–Trinajstić information content (AvgIpc) is 3.26. The zero-order valence-corrected chi connectivity index (χ0v) is 18.1. The van der Waals surface area contributed by atoms with Crippen molar-refractivity contribution >= 4 is 28.3 Å². The molecule has 0 aliphatic carbocycles. The number of carbonyl (C=O) groups is 1. The van der Waals surface area contributed by atoms with E-state index in [1.165, 1.54) is 7.11 Å². The van der Waals surface area contributed by atoms with E-state index in [1.54, 1.807) is 11.3 Å². The predicted octanol–water partition coefficient (Wildman–Crippen LogP) is 3.95. The molecule has 0 fully saturated rings. The summed E-state index contributed by atoms with van der Waals surface area (Å²) in [6.45, 7) is 10.6. The normalized spacial score (nSPS) is 13.1. The summed E-state index contributed by atoms with van der Waals surface area (Å²) in [5, 5.41) is 18.3. The second-order valence-electron chi connectivity index (χ2n) is 7.59. The van der Waals surface area contributed by atoms with Crippen LogP contribution in [-0.2, 0) is 22.7 Å². The maximum absolute atomic E-state index is 12.7. The number of esters is 1. The largest absolute Gasteiger partial charge is 0.469 e. The second kappa shape index (κ2) is 7.64. The van der Waals surface area contributed by atoms with Gasteiger partial charge in [-0.2, -0.15) is 0 Å². The fourth-order valence-electron chi connectivity index (χ4n) is 3.85. The smallest absolute Gasteiger partial charge is 0.312 e.